The van der Waals surface area contributed by atoms with Gasteiger partial charge in [0.05, 0.1) is 24.3 Å². The van der Waals surface area contributed by atoms with Crippen molar-refractivity contribution in [2.24, 2.45) is 0 Å². The Morgan fingerprint density at radius 2 is 1.96 bits per heavy atom. The first kappa shape index (κ1) is 33.9. The van der Waals surface area contributed by atoms with Gasteiger partial charge in [0.2, 0.25) is 5.82 Å². The summed E-state index contributed by atoms with van der Waals surface area (Å²) in [4.78, 5) is 31.3. The summed E-state index contributed by atoms with van der Waals surface area (Å²) < 4.78 is 76.0. The van der Waals surface area contributed by atoms with Gasteiger partial charge < -0.3 is 19.9 Å². The van der Waals surface area contributed by atoms with Crippen molar-refractivity contribution in [2.45, 2.75) is 70.8 Å². The number of carbonyl (C=O) groups is 1. The number of thiazole rings is 1. The molecule has 250 valence electrons. The normalized spacial score (nSPS) is 18.9. The average Bonchev–Trinajstić information content (AvgIpc) is 3.77. The highest BCUT2D eigenvalue weighted by Crippen LogP contribution is 2.39. The van der Waals surface area contributed by atoms with E-state index in [1.165, 1.54) is 17.7 Å². The van der Waals surface area contributed by atoms with Crippen molar-refractivity contribution in [1.29, 1.82) is 0 Å². The molecule has 4 heterocycles. The van der Waals surface area contributed by atoms with Gasteiger partial charge >= 0.3 is 12.1 Å². The smallest absolute Gasteiger partial charge is 0.416 e. The molecule has 3 aromatic rings. The number of likely N-dealkylation sites (tertiary alicyclic amines) is 1. The predicted molar refractivity (Wildman–Crippen MR) is 166 cm³/mol. The number of hydrogen-bond donors (Lipinski definition) is 1. The molecule has 2 aliphatic heterocycles. The molecule has 9 nitrogen and oxygen atoms in total. The minimum atomic E-state index is -4.73. The highest BCUT2D eigenvalue weighted by Gasteiger charge is 2.33. The molecule has 0 saturated carbocycles. The summed E-state index contributed by atoms with van der Waals surface area (Å²) in [6.07, 6.45) is 0.454. The van der Waals surface area contributed by atoms with Gasteiger partial charge in [-0.2, -0.15) is 17.6 Å². The molecule has 2 aromatic heterocycles. The molecule has 0 amide bonds. The van der Waals surface area contributed by atoms with Crippen LogP contribution in [0.3, 0.4) is 0 Å². The van der Waals surface area contributed by atoms with Crippen LogP contribution in [0.1, 0.15) is 56.4 Å². The third kappa shape index (κ3) is 7.92. The molecule has 0 unspecified atom stereocenters. The Balaban J connectivity index is 1.38. The number of hydrogen-bond acceptors (Lipinski definition) is 10. The standard InChI is InChI=1S/C31H38F5N7O2S/c1-4-22-7-6-10-42(22)17-24-27(19-13-20(31(34,35)36)15-21(32)14-19)39-30(46-24)40-28-26(33)29(38-18-37-28)43-12-8-23(16-43)41(3)11-9-25(44)45-5-2/h13-15,18,22-23H,4-12,16-17H2,1-3H3,(H,37,38,39,40)/t22-,23+/m1/s1. The molecule has 5 rings (SSSR count). The maximum absolute atomic E-state index is 15.9. The number of aromatic nitrogens is 3. The average molecular weight is 668 g/mol. The van der Waals surface area contributed by atoms with Crippen LogP contribution in [-0.4, -0.2) is 82.6 Å². The van der Waals surface area contributed by atoms with Crippen LogP contribution in [0.5, 0.6) is 0 Å². The molecule has 0 aliphatic carbocycles. The third-order valence-corrected chi connectivity index (χ3v) is 9.53. The van der Waals surface area contributed by atoms with Gasteiger partial charge in [-0.05, 0) is 64.4 Å². The van der Waals surface area contributed by atoms with E-state index in [1.54, 1.807) is 6.92 Å². The number of anilines is 3. The van der Waals surface area contributed by atoms with Gasteiger partial charge in [-0.25, -0.2) is 19.3 Å². The molecule has 2 saturated heterocycles. The topological polar surface area (TPSA) is 86.7 Å². The van der Waals surface area contributed by atoms with Gasteiger partial charge in [0.1, 0.15) is 12.1 Å². The van der Waals surface area contributed by atoms with E-state index in [0.717, 1.165) is 44.4 Å². The van der Waals surface area contributed by atoms with Crippen LogP contribution in [0.2, 0.25) is 0 Å². The van der Waals surface area contributed by atoms with Gasteiger partial charge in [-0.15, -0.1) is 0 Å². The summed E-state index contributed by atoms with van der Waals surface area (Å²) in [6, 6.07) is 2.79. The number of ether oxygens (including phenoxy) is 1. The van der Waals surface area contributed by atoms with Crippen LogP contribution >= 0.6 is 11.3 Å². The van der Waals surface area contributed by atoms with Gasteiger partial charge in [-0.3, -0.25) is 9.69 Å². The quantitative estimate of drug-likeness (QED) is 0.172. The number of halogens is 5. The molecule has 15 heteroatoms. The number of nitrogens with one attached hydrogen (secondary N) is 1. The lowest BCUT2D eigenvalue weighted by Crippen LogP contribution is -2.36. The lowest BCUT2D eigenvalue weighted by atomic mass is 10.1. The third-order valence-electron chi connectivity index (χ3n) is 8.57. The maximum Gasteiger partial charge on any atom is 0.416 e. The largest absolute Gasteiger partial charge is 0.466 e. The number of esters is 1. The fourth-order valence-electron chi connectivity index (χ4n) is 6.12. The van der Waals surface area contributed by atoms with Crippen molar-refractivity contribution < 1.29 is 31.5 Å². The van der Waals surface area contributed by atoms with Gasteiger partial charge in [-0.1, -0.05) is 18.3 Å². The maximum atomic E-state index is 15.9. The molecule has 2 fully saturated rings. The van der Waals surface area contributed by atoms with Crippen LogP contribution in [0, 0.1) is 11.6 Å². The zero-order valence-corrected chi connectivity index (χ0v) is 26.9. The van der Waals surface area contributed by atoms with Gasteiger partial charge in [0.15, 0.2) is 16.8 Å². The zero-order valence-electron chi connectivity index (χ0n) is 26.0. The van der Waals surface area contributed by atoms with Crippen molar-refractivity contribution in [1.82, 2.24) is 24.8 Å². The summed E-state index contributed by atoms with van der Waals surface area (Å²) in [6.45, 7) is 6.97. The van der Waals surface area contributed by atoms with Crippen LogP contribution in [-0.2, 0) is 22.3 Å². The minimum absolute atomic E-state index is 0.00194. The van der Waals surface area contributed by atoms with E-state index in [1.807, 2.05) is 16.8 Å². The predicted octanol–water partition coefficient (Wildman–Crippen LogP) is 6.48. The fraction of sp³-hybridized carbons (Fsp3) is 0.548. The molecule has 2 aliphatic rings. The Kier molecular flexibility index (Phi) is 10.7. The number of carbonyl (C=O) groups excluding carboxylic acids is 1. The Bertz CT molecular complexity index is 1520. The van der Waals surface area contributed by atoms with E-state index in [2.05, 4.69) is 32.1 Å². The van der Waals surface area contributed by atoms with Gasteiger partial charge in [0.25, 0.3) is 0 Å². The second kappa shape index (κ2) is 14.6. The Morgan fingerprint density at radius 1 is 1.15 bits per heavy atom. The Hall–Kier alpha value is -3.43. The zero-order chi connectivity index (χ0) is 33.0. The number of nitrogens with zero attached hydrogens (tertiary/aromatic N) is 6. The summed E-state index contributed by atoms with van der Waals surface area (Å²) in [5.41, 5.74) is -0.898. The second-order valence-corrected chi connectivity index (χ2v) is 12.7. The summed E-state index contributed by atoms with van der Waals surface area (Å²) in [5.74, 6) is -1.99. The number of rotatable bonds is 12. The Morgan fingerprint density at radius 3 is 2.70 bits per heavy atom. The first-order valence-electron chi connectivity index (χ1n) is 15.5. The first-order chi connectivity index (χ1) is 22.0. The molecule has 0 bridgehead atoms. The van der Waals surface area contributed by atoms with Crippen molar-refractivity contribution in [3.63, 3.8) is 0 Å². The summed E-state index contributed by atoms with van der Waals surface area (Å²) in [5, 5.41) is 3.13. The molecular formula is C31H38F5N7O2S. The van der Waals surface area contributed by atoms with Gasteiger partial charge in [0, 0.05) is 48.7 Å². The minimum Gasteiger partial charge on any atom is -0.466 e. The van der Waals surface area contributed by atoms with Crippen molar-refractivity contribution in [3.8, 4) is 11.3 Å². The van der Waals surface area contributed by atoms with Crippen molar-refractivity contribution in [2.75, 3.05) is 50.1 Å². The number of likely N-dealkylation sites (N-methyl/N-ethyl adjacent to an activating group) is 1. The second-order valence-electron chi connectivity index (χ2n) is 11.6. The summed E-state index contributed by atoms with van der Waals surface area (Å²) in [7, 11) is 1.91. The number of benzene rings is 1. The monoisotopic (exact) mass is 667 g/mol. The fourth-order valence-corrected chi connectivity index (χ4v) is 7.13. The molecule has 1 aromatic carbocycles. The van der Waals surface area contributed by atoms with E-state index in [0.29, 0.717) is 49.8 Å². The van der Waals surface area contributed by atoms with Crippen molar-refractivity contribution in [3.05, 3.63) is 46.6 Å². The number of alkyl halides is 3. The van der Waals surface area contributed by atoms with E-state index < -0.39 is 23.4 Å². The van der Waals surface area contributed by atoms with E-state index in [4.69, 9.17) is 4.74 Å². The Labute approximate surface area is 268 Å². The summed E-state index contributed by atoms with van der Waals surface area (Å²) >= 11 is 1.18. The van der Waals surface area contributed by atoms with Crippen LogP contribution in [0.4, 0.5) is 38.7 Å². The molecule has 1 N–H and O–H groups in total. The lowest BCUT2D eigenvalue weighted by Gasteiger charge is -2.24. The highest BCUT2D eigenvalue weighted by atomic mass is 32.1. The molecule has 46 heavy (non-hydrogen) atoms. The van der Waals surface area contributed by atoms with E-state index in [9.17, 15) is 22.4 Å². The van der Waals surface area contributed by atoms with Crippen LogP contribution in [0.25, 0.3) is 11.3 Å². The van der Waals surface area contributed by atoms with Crippen molar-refractivity contribution >= 4 is 34.1 Å². The highest BCUT2D eigenvalue weighted by molar-refractivity contribution is 7.16. The molecular weight excluding hydrogens is 629 g/mol. The molecule has 0 spiro atoms. The van der Waals surface area contributed by atoms with Crippen LogP contribution in [0.15, 0.2) is 24.5 Å². The molecule has 0 radical (unpaired) electrons. The van der Waals surface area contributed by atoms with Crippen LogP contribution < -0.4 is 10.2 Å². The van der Waals surface area contributed by atoms with E-state index >= 15 is 4.39 Å². The van der Waals surface area contributed by atoms with E-state index in [-0.39, 0.29) is 46.5 Å². The lowest BCUT2D eigenvalue weighted by molar-refractivity contribution is -0.143. The molecule has 2 atom stereocenters. The first-order valence-corrected chi connectivity index (χ1v) is 16.3. The SMILES string of the molecule is CCOC(=O)CCN(C)[C@H]1CCN(c2ncnc(Nc3nc(-c4cc(F)cc(C(F)(F)F)c4)c(CN4CCC[C@H]4CC)s3)c2F)C1.